The SMILES string of the molecule is O=c1occc2c1ncc1c2c(CCl)cn1I. The number of hydrogen-bond donors (Lipinski definition) is 0. The van der Waals surface area contributed by atoms with Crippen LogP contribution in [-0.4, -0.2) is 7.76 Å². The molecule has 17 heavy (non-hydrogen) atoms. The number of nitrogens with zero attached hydrogens (tertiary/aromatic N) is 2. The molecule has 0 aliphatic heterocycles. The molecule has 0 atom stereocenters. The molecule has 3 heterocycles. The van der Waals surface area contributed by atoms with Crippen molar-refractivity contribution in [1.29, 1.82) is 0 Å². The highest BCUT2D eigenvalue weighted by Crippen LogP contribution is 2.29. The standard InChI is InChI=1S/C11H6ClIN2O2/c12-3-6-5-15(13)8-4-14-10-7(9(6)8)1-2-17-11(10)16/h1-2,4-5H,3H2. The molecule has 0 amide bonds. The van der Waals surface area contributed by atoms with E-state index in [9.17, 15) is 4.79 Å². The molecule has 86 valence electrons. The van der Waals surface area contributed by atoms with Crippen molar-refractivity contribution in [3.05, 3.63) is 40.7 Å². The summed E-state index contributed by atoms with van der Waals surface area (Å²) in [6, 6.07) is 1.75. The van der Waals surface area contributed by atoms with Crippen molar-refractivity contribution < 1.29 is 4.42 Å². The predicted octanol–water partition coefficient (Wildman–Crippen LogP) is 3.08. The van der Waals surface area contributed by atoms with Gasteiger partial charge in [-0.2, -0.15) is 0 Å². The average molecular weight is 361 g/mol. The third-order valence-electron chi connectivity index (χ3n) is 2.66. The summed E-state index contributed by atoms with van der Waals surface area (Å²) >= 11 is 8.08. The molecule has 0 aromatic carbocycles. The fourth-order valence-electron chi connectivity index (χ4n) is 1.93. The highest BCUT2D eigenvalue weighted by atomic mass is 127. The monoisotopic (exact) mass is 360 g/mol. The van der Waals surface area contributed by atoms with Gasteiger partial charge < -0.3 is 4.42 Å². The molecular weight excluding hydrogens is 354 g/mol. The zero-order valence-corrected chi connectivity index (χ0v) is 11.4. The van der Waals surface area contributed by atoms with Crippen LogP contribution in [-0.2, 0) is 5.88 Å². The summed E-state index contributed by atoms with van der Waals surface area (Å²) in [6.07, 6.45) is 4.99. The fraction of sp³-hybridized carbons (Fsp3) is 0.0909. The maximum absolute atomic E-state index is 11.6. The summed E-state index contributed by atoms with van der Waals surface area (Å²) < 4.78 is 6.73. The molecule has 0 spiro atoms. The van der Waals surface area contributed by atoms with E-state index in [1.54, 1.807) is 12.3 Å². The summed E-state index contributed by atoms with van der Waals surface area (Å²) in [4.78, 5) is 15.7. The van der Waals surface area contributed by atoms with Gasteiger partial charge in [0.1, 0.15) is 0 Å². The predicted molar refractivity (Wildman–Crippen MR) is 74.8 cm³/mol. The second-order valence-corrected chi connectivity index (χ2v) is 4.89. The molecule has 4 nitrogen and oxygen atoms in total. The quantitative estimate of drug-likeness (QED) is 0.495. The van der Waals surface area contributed by atoms with Crippen LogP contribution in [0.2, 0.25) is 0 Å². The number of aromatic nitrogens is 2. The van der Waals surface area contributed by atoms with E-state index in [2.05, 4.69) is 27.8 Å². The van der Waals surface area contributed by atoms with Crippen LogP contribution in [0.15, 0.2) is 33.9 Å². The zero-order valence-electron chi connectivity index (χ0n) is 8.48. The van der Waals surface area contributed by atoms with E-state index >= 15 is 0 Å². The van der Waals surface area contributed by atoms with Gasteiger partial charge in [-0.1, -0.05) is 0 Å². The molecule has 0 aliphatic rings. The van der Waals surface area contributed by atoms with Crippen molar-refractivity contribution >= 4 is 56.3 Å². The molecule has 0 N–H and O–H groups in total. The van der Waals surface area contributed by atoms with E-state index in [0.717, 1.165) is 21.9 Å². The maximum Gasteiger partial charge on any atom is 0.362 e. The smallest absolute Gasteiger partial charge is 0.362 e. The van der Waals surface area contributed by atoms with Crippen molar-refractivity contribution in [2.75, 3.05) is 0 Å². The van der Waals surface area contributed by atoms with Crippen LogP contribution < -0.4 is 5.63 Å². The van der Waals surface area contributed by atoms with Crippen LogP contribution in [0.1, 0.15) is 5.56 Å². The van der Waals surface area contributed by atoms with Crippen LogP contribution in [0.4, 0.5) is 0 Å². The Balaban J connectivity index is 2.63. The number of hydrogen-bond acceptors (Lipinski definition) is 3. The van der Waals surface area contributed by atoms with Crippen molar-refractivity contribution in [3.8, 4) is 0 Å². The Hall–Kier alpha value is -1.08. The third-order valence-corrected chi connectivity index (χ3v) is 3.75. The highest BCUT2D eigenvalue weighted by molar-refractivity contribution is 14.1. The third kappa shape index (κ3) is 1.56. The van der Waals surface area contributed by atoms with Gasteiger partial charge in [0.25, 0.3) is 0 Å². The first-order valence-corrected chi connectivity index (χ1v) is 6.35. The van der Waals surface area contributed by atoms with E-state index in [1.165, 1.54) is 6.26 Å². The number of rotatable bonds is 1. The summed E-state index contributed by atoms with van der Waals surface area (Å²) in [6.45, 7) is 0. The number of fused-ring (bicyclic) bond motifs is 3. The average Bonchev–Trinajstić information content (AvgIpc) is 2.67. The molecule has 0 unspecified atom stereocenters. The summed E-state index contributed by atoms with van der Waals surface area (Å²) in [5.74, 6) is 0.395. The second kappa shape index (κ2) is 3.99. The van der Waals surface area contributed by atoms with E-state index < -0.39 is 5.63 Å². The Morgan fingerprint density at radius 3 is 3.12 bits per heavy atom. The van der Waals surface area contributed by atoms with Gasteiger partial charge in [0.2, 0.25) is 0 Å². The van der Waals surface area contributed by atoms with Crippen LogP contribution in [0.25, 0.3) is 21.8 Å². The Morgan fingerprint density at radius 1 is 1.53 bits per heavy atom. The highest BCUT2D eigenvalue weighted by Gasteiger charge is 2.12. The zero-order chi connectivity index (χ0) is 12.0. The van der Waals surface area contributed by atoms with Gasteiger partial charge >= 0.3 is 5.63 Å². The van der Waals surface area contributed by atoms with Gasteiger partial charge in [-0.05, 0) is 11.6 Å². The second-order valence-electron chi connectivity index (χ2n) is 3.59. The lowest BCUT2D eigenvalue weighted by Crippen LogP contribution is -2.00. The van der Waals surface area contributed by atoms with E-state index in [-0.39, 0.29) is 0 Å². The van der Waals surface area contributed by atoms with Gasteiger partial charge in [-0.15, -0.1) is 11.6 Å². The van der Waals surface area contributed by atoms with Gasteiger partial charge in [-0.25, -0.2) is 9.78 Å². The first kappa shape index (κ1) is 11.0. The Morgan fingerprint density at radius 2 is 2.35 bits per heavy atom. The first-order valence-electron chi connectivity index (χ1n) is 4.85. The van der Waals surface area contributed by atoms with Crippen molar-refractivity contribution in [3.63, 3.8) is 0 Å². The van der Waals surface area contributed by atoms with Crippen molar-refractivity contribution in [2.24, 2.45) is 0 Å². The topological polar surface area (TPSA) is 48.0 Å². The first-order chi connectivity index (χ1) is 8.22. The number of alkyl halides is 1. The minimum absolute atomic E-state index is 0.342. The van der Waals surface area contributed by atoms with Crippen LogP contribution in [0.5, 0.6) is 0 Å². The molecule has 0 radical (unpaired) electrons. The molecule has 3 rings (SSSR count). The van der Waals surface area contributed by atoms with Gasteiger partial charge in [0.05, 0.1) is 40.8 Å². The Bertz CT molecular complexity index is 778. The number of pyridine rings is 1. The lowest BCUT2D eigenvalue weighted by atomic mass is 10.1. The molecule has 0 saturated carbocycles. The lowest BCUT2D eigenvalue weighted by molar-refractivity contribution is 0.518. The lowest BCUT2D eigenvalue weighted by Gasteiger charge is -1.99. The van der Waals surface area contributed by atoms with Gasteiger partial charge in [0.15, 0.2) is 5.52 Å². The minimum Gasteiger partial charge on any atom is -0.430 e. The molecule has 0 bridgehead atoms. The Labute approximate surface area is 115 Å². The van der Waals surface area contributed by atoms with Crippen molar-refractivity contribution in [2.45, 2.75) is 5.88 Å². The summed E-state index contributed by atoms with van der Waals surface area (Å²) in [5.41, 5.74) is 1.84. The molecule has 0 saturated heterocycles. The molecular formula is C11H6ClIN2O2. The van der Waals surface area contributed by atoms with Gasteiger partial charge in [0, 0.05) is 22.8 Å². The van der Waals surface area contributed by atoms with Crippen LogP contribution in [0, 0.1) is 0 Å². The summed E-state index contributed by atoms with van der Waals surface area (Å²) in [7, 11) is 0. The largest absolute Gasteiger partial charge is 0.430 e. The molecule has 0 aliphatic carbocycles. The minimum atomic E-state index is -0.425. The molecule has 6 heteroatoms. The van der Waals surface area contributed by atoms with E-state index in [0.29, 0.717) is 11.4 Å². The fourth-order valence-corrected chi connectivity index (χ4v) is 2.84. The molecule has 0 fully saturated rings. The van der Waals surface area contributed by atoms with E-state index in [1.807, 2.05) is 8.98 Å². The van der Waals surface area contributed by atoms with Crippen LogP contribution in [0.3, 0.4) is 0 Å². The van der Waals surface area contributed by atoms with Crippen LogP contribution >= 0.6 is 34.5 Å². The molecule has 3 aromatic heterocycles. The van der Waals surface area contributed by atoms with Crippen molar-refractivity contribution in [1.82, 2.24) is 7.76 Å². The maximum atomic E-state index is 11.6. The normalized spacial score (nSPS) is 11.4. The van der Waals surface area contributed by atoms with E-state index in [4.69, 9.17) is 16.0 Å². The molecule has 3 aromatic rings. The number of halogens is 2. The van der Waals surface area contributed by atoms with Gasteiger partial charge in [-0.3, -0.25) is 2.78 Å². The summed E-state index contributed by atoms with van der Waals surface area (Å²) in [5, 5.41) is 1.75. The Kier molecular flexibility index (Phi) is 2.59.